The molecule has 1 heterocycles. The van der Waals surface area contributed by atoms with Crippen LogP contribution in [0.2, 0.25) is 0 Å². The minimum Gasteiger partial charge on any atom is -0.352 e. The maximum Gasteiger partial charge on any atom is 0.252 e. The van der Waals surface area contributed by atoms with Crippen molar-refractivity contribution in [2.24, 2.45) is 0 Å². The zero-order valence-corrected chi connectivity index (χ0v) is 14.5. The van der Waals surface area contributed by atoms with E-state index in [2.05, 4.69) is 10.6 Å². The average molecular weight is 335 g/mol. The Labute approximate surface area is 140 Å². The van der Waals surface area contributed by atoms with Crippen molar-refractivity contribution < 1.29 is 14.4 Å². The summed E-state index contributed by atoms with van der Waals surface area (Å²) in [5.41, 5.74) is 0.783. The van der Waals surface area contributed by atoms with E-state index in [-0.39, 0.29) is 24.4 Å². The lowest BCUT2D eigenvalue weighted by Gasteiger charge is -2.36. The first kappa shape index (κ1) is 17.3. The second kappa shape index (κ2) is 6.62. The SMILES string of the molecule is CC(C)NC(=O)CNC(=O)C1(C)Sc2ccccc2N(C)C1=O. The van der Waals surface area contributed by atoms with E-state index in [9.17, 15) is 14.4 Å². The fourth-order valence-electron chi connectivity index (χ4n) is 2.36. The summed E-state index contributed by atoms with van der Waals surface area (Å²) < 4.78 is -1.29. The number of nitrogens with zero attached hydrogens (tertiary/aromatic N) is 1. The molecule has 1 aliphatic rings. The fourth-order valence-corrected chi connectivity index (χ4v) is 3.64. The van der Waals surface area contributed by atoms with Crippen molar-refractivity contribution in [3.63, 3.8) is 0 Å². The summed E-state index contributed by atoms with van der Waals surface area (Å²) in [4.78, 5) is 39.1. The lowest BCUT2D eigenvalue weighted by atomic mass is 10.1. The minimum atomic E-state index is -1.29. The molecule has 0 saturated heterocycles. The summed E-state index contributed by atoms with van der Waals surface area (Å²) in [6.45, 7) is 5.12. The highest BCUT2D eigenvalue weighted by molar-refractivity contribution is 8.02. The smallest absolute Gasteiger partial charge is 0.252 e. The van der Waals surface area contributed by atoms with Crippen LogP contribution in [0, 0.1) is 0 Å². The van der Waals surface area contributed by atoms with Crippen molar-refractivity contribution in [1.29, 1.82) is 0 Å². The number of para-hydroxylation sites is 1. The highest BCUT2D eigenvalue weighted by atomic mass is 32.2. The molecule has 1 aromatic rings. The van der Waals surface area contributed by atoms with Crippen LogP contribution in [-0.2, 0) is 14.4 Å². The van der Waals surface area contributed by atoms with Crippen LogP contribution in [0.3, 0.4) is 0 Å². The Morgan fingerprint density at radius 1 is 1.30 bits per heavy atom. The largest absolute Gasteiger partial charge is 0.352 e. The van der Waals surface area contributed by atoms with Crippen LogP contribution in [0.15, 0.2) is 29.2 Å². The zero-order valence-electron chi connectivity index (χ0n) is 13.7. The van der Waals surface area contributed by atoms with Gasteiger partial charge in [0.05, 0.1) is 12.2 Å². The Balaban J connectivity index is 2.13. The number of benzene rings is 1. The van der Waals surface area contributed by atoms with Crippen molar-refractivity contribution in [2.75, 3.05) is 18.5 Å². The van der Waals surface area contributed by atoms with Gasteiger partial charge in [0.25, 0.3) is 5.91 Å². The number of anilines is 1. The van der Waals surface area contributed by atoms with Gasteiger partial charge in [0.15, 0.2) is 4.75 Å². The molecule has 0 aliphatic carbocycles. The number of carbonyl (C=O) groups is 3. The molecule has 2 rings (SSSR count). The van der Waals surface area contributed by atoms with Crippen LogP contribution in [0.4, 0.5) is 5.69 Å². The van der Waals surface area contributed by atoms with Crippen molar-refractivity contribution >= 4 is 35.2 Å². The first-order chi connectivity index (χ1) is 10.8. The lowest BCUT2D eigenvalue weighted by molar-refractivity contribution is -0.132. The van der Waals surface area contributed by atoms with E-state index >= 15 is 0 Å². The Morgan fingerprint density at radius 2 is 1.96 bits per heavy atom. The van der Waals surface area contributed by atoms with Gasteiger partial charge in [-0.25, -0.2) is 0 Å². The number of thioether (sulfide) groups is 1. The highest BCUT2D eigenvalue weighted by Gasteiger charge is 2.48. The van der Waals surface area contributed by atoms with Gasteiger partial charge in [0.1, 0.15) is 0 Å². The van der Waals surface area contributed by atoms with Crippen LogP contribution in [0.1, 0.15) is 20.8 Å². The molecule has 1 aliphatic heterocycles. The fraction of sp³-hybridized carbons (Fsp3) is 0.438. The topological polar surface area (TPSA) is 78.5 Å². The average Bonchev–Trinajstić information content (AvgIpc) is 2.49. The number of hydrogen-bond donors (Lipinski definition) is 2. The van der Waals surface area contributed by atoms with Crippen molar-refractivity contribution in [2.45, 2.75) is 36.5 Å². The predicted octanol–water partition coefficient (Wildman–Crippen LogP) is 1.15. The molecule has 124 valence electrons. The maximum absolute atomic E-state index is 12.6. The van der Waals surface area contributed by atoms with Crippen molar-refractivity contribution in [1.82, 2.24) is 10.6 Å². The molecular weight excluding hydrogens is 314 g/mol. The molecule has 0 fully saturated rings. The van der Waals surface area contributed by atoms with Gasteiger partial charge in [-0.05, 0) is 32.9 Å². The van der Waals surface area contributed by atoms with E-state index in [4.69, 9.17) is 0 Å². The molecule has 1 aromatic carbocycles. The number of fused-ring (bicyclic) bond motifs is 1. The summed E-state index contributed by atoms with van der Waals surface area (Å²) >= 11 is 1.21. The number of hydrogen-bond acceptors (Lipinski definition) is 4. The summed E-state index contributed by atoms with van der Waals surface area (Å²) in [6, 6.07) is 7.43. The summed E-state index contributed by atoms with van der Waals surface area (Å²) in [5, 5.41) is 5.25. The highest BCUT2D eigenvalue weighted by Crippen LogP contribution is 2.44. The third-order valence-electron chi connectivity index (χ3n) is 3.55. The van der Waals surface area contributed by atoms with Gasteiger partial charge in [-0.3, -0.25) is 14.4 Å². The zero-order chi connectivity index (χ0) is 17.2. The molecule has 2 N–H and O–H groups in total. The molecule has 1 atom stereocenters. The van der Waals surface area contributed by atoms with Gasteiger partial charge < -0.3 is 15.5 Å². The van der Waals surface area contributed by atoms with E-state index < -0.39 is 10.7 Å². The number of nitrogens with one attached hydrogen (secondary N) is 2. The number of carbonyl (C=O) groups excluding carboxylic acids is 3. The Kier molecular flexibility index (Phi) is 4.99. The standard InChI is InChI=1S/C16H21N3O3S/c1-10(2)18-13(20)9-17-14(21)16(3)15(22)19(4)11-7-5-6-8-12(11)23-16/h5-8,10H,9H2,1-4H3,(H,17,21)(H,18,20). The van der Waals surface area contributed by atoms with E-state index in [0.717, 1.165) is 10.6 Å². The normalized spacial score (nSPS) is 20.2. The van der Waals surface area contributed by atoms with Crippen LogP contribution in [0.5, 0.6) is 0 Å². The van der Waals surface area contributed by atoms with Crippen molar-refractivity contribution in [3.05, 3.63) is 24.3 Å². The lowest BCUT2D eigenvalue weighted by Crippen LogP contribution is -2.56. The summed E-state index contributed by atoms with van der Waals surface area (Å²) in [7, 11) is 1.65. The van der Waals surface area contributed by atoms with Crippen LogP contribution in [0.25, 0.3) is 0 Å². The van der Waals surface area contributed by atoms with Crippen molar-refractivity contribution in [3.8, 4) is 0 Å². The van der Waals surface area contributed by atoms with E-state index in [1.54, 1.807) is 14.0 Å². The Hall–Kier alpha value is -2.02. The monoisotopic (exact) mass is 335 g/mol. The van der Waals surface area contributed by atoms with Crippen LogP contribution in [-0.4, -0.2) is 42.1 Å². The second-order valence-corrected chi connectivity index (χ2v) is 7.33. The second-order valence-electron chi connectivity index (χ2n) is 5.87. The molecule has 23 heavy (non-hydrogen) atoms. The first-order valence-corrected chi connectivity index (χ1v) is 8.21. The van der Waals surface area contributed by atoms with Gasteiger partial charge in [-0.2, -0.15) is 0 Å². The maximum atomic E-state index is 12.6. The van der Waals surface area contributed by atoms with Gasteiger partial charge in [-0.1, -0.05) is 23.9 Å². The van der Waals surface area contributed by atoms with Gasteiger partial charge >= 0.3 is 0 Å². The van der Waals surface area contributed by atoms with E-state index in [1.807, 2.05) is 38.1 Å². The Bertz CT molecular complexity index is 647. The molecule has 0 saturated carbocycles. The molecule has 7 heteroatoms. The third kappa shape index (κ3) is 3.50. The first-order valence-electron chi connectivity index (χ1n) is 7.39. The van der Waals surface area contributed by atoms with Gasteiger partial charge in [0, 0.05) is 18.0 Å². The van der Waals surface area contributed by atoms with Gasteiger partial charge in [0.2, 0.25) is 11.8 Å². The Morgan fingerprint density at radius 3 is 2.61 bits per heavy atom. The van der Waals surface area contributed by atoms with Gasteiger partial charge in [-0.15, -0.1) is 0 Å². The molecule has 0 radical (unpaired) electrons. The molecule has 0 bridgehead atoms. The summed E-state index contributed by atoms with van der Waals surface area (Å²) in [5.74, 6) is -1.05. The number of rotatable bonds is 4. The molecule has 6 nitrogen and oxygen atoms in total. The van der Waals surface area contributed by atoms with Crippen LogP contribution < -0.4 is 15.5 Å². The predicted molar refractivity (Wildman–Crippen MR) is 90.4 cm³/mol. The van der Waals surface area contributed by atoms with E-state index in [0.29, 0.717) is 0 Å². The minimum absolute atomic E-state index is 0.00122. The molecule has 3 amide bonds. The van der Waals surface area contributed by atoms with Crippen LogP contribution >= 0.6 is 11.8 Å². The summed E-state index contributed by atoms with van der Waals surface area (Å²) in [6.07, 6.45) is 0. The molecule has 0 aromatic heterocycles. The quantitative estimate of drug-likeness (QED) is 0.809. The molecular formula is C16H21N3O3S. The third-order valence-corrected chi connectivity index (χ3v) is 4.88. The molecule has 0 spiro atoms. The number of amides is 3. The molecule has 1 unspecified atom stereocenters. The van der Waals surface area contributed by atoms with E-state index in [1.165, 1.54) is 16.7 Å².